The first-order valence-electron chi connectivity index (χ1n) is 8.63. The summed E-state index contributed by atoms with van der Waals surface area (Å²) in [6.45, 7) is 1.92. The third-order valence-corrected chi connectivity index (χ3v) is 5.48. The number of hydrogen-bond donors (Lipinski definition) is 0. The van der Waals surface area contributed by atoms with Crippen LogP contribution in [0.25, 0.3) is 48.9 Å². The third-order valence-electron chi connectivity index (χ3n) is 5.48. The maximum absolute atomic E-state index is 12.9. The predicted octanol–water partition coefficient (Wildman–Crippen LogP) is 4.46. The average molecular weight is 335 g/mol. The molecule has 0 spiro atoms. The number of hydrogen-bond acceptors (Lipinski definition) is 2. The molecule has 0 saturated heterocycles. The molecule has 3 heteroatoms. The minimum Gasteiger partial charge on any atom is -0.307 e. The molecule has 0 N–H and O–H groups in total. The summed E-state index contributed by atoms with van der Waals surface area (Å²) >= 11 is 0. The quantitative estimate of drug-likeness (QED) is 0.304. The summed E-state index contributed by atoms with van der Waals surface area (Å²) in [7, 11) is 0. The highest BCUT2D eigenvalue weighted by atomic mass is 16.1. The monoisotopic (exact) mass is 335 g/mol. The van der Waals surface area contributed by atoms with Crippen molar-refractivity contribution in [2.24, 2.45) is 0 Å². The van der Waals surface area contributed by atoms with E-state index in [9.17, 15) is 9.59 Å². The maximum Gasteiger partial charge on any atom is 0.190 e. The van der Waals surface area contributed by atoms with Gasteiger partial charge in [-0.15, -0.1) is 0 Å². The normalized spacial score (nSPS) is 12.3. The minimum atomic E-state index is -0.0402. The van der Waals surface area contributed by atoms with Gasteiger partial charge in [0.1, 0.15) is 0 Å². The fourth-order valence-electron chi connectivity index (χ4n) is 4.46. The first-order chi connectivity index (χ1) is 12.6. The van der Waals surface area contributed by atoms with E-state index >= 15 is 0 Å². The summed E-state index contributed by atoms with van der Waals surface area (Å²) in [6.07, 6.45) is 0. The summed E-state index contributed by atoms with van der Waals surface area (Å²) in [4.78, 5) is 25.8. The van der Waals surface area contributed by atoms with Gasteiger partial charge in [-0.05, 0) is 30.0 Å². The first-order valence-corrected chi connectivity index (χ1v) is 8.63. The van der Waals surface area contributed by atoms with Crippen LogP contribution in [0.1, 0.15) is 5.56 Å². The average Bonchev–Trinajstić information content (AvgIpc) is 2.64. The molecular weight excluding hydrogens is 322 g/mol. The molecule has 0 radical (unpaired) electrons. The van der Waals surface area contributed by atoms with E-state index in [0.29, 0.717) is 10.8 Å². The van der Waals surface area contributed by atoms with Crippen LogP contribution in [0.3, 0.4) is 0 Å². The van der Waals surface area contributed by atoms with Crippen LogP contribution in [0.4, 0.5) is 0 Å². The van der Waals surface area contributed by atoms with Gasteiger partial charge in [-0.25, -0.2) is 0 Å². The largest absolute Gasteiger partial charge is 0.307 e. The molecule has 0 unspecified atom stereocenters. The molecular formula is C23H13NO2. The second-order valence-electron chi connectivity index (χ2n) is 7.04. The molecule has 26 heavy (non-hydrogen) atoms. The second-order valence-corrected chi connectivity index (χ2v) is 7.04. The van der Waals surface area contributed by atoms with Crippen LogP contribution in [0.5, 0.6) is 0 Å². The Morgan fingerprint density at radius 3 is 1.77 bits per heavy atom. The standard InChI is InChI=1S/C23H13NO2/c1-12-8-16-20(25)10-18-14-6-2-4-13-5-3-7-15(22(13)14)19-11-21(26)17(9-12)23(16)24(18)19/h2-11H,1H3. The summed E-state index contributed by atoms with van der Waals surface area (Å²) in [5, 5.41) is 5.50. The van der Waals surface area contributed by atoms with Crippen LogP contribution in [0.2, 0.25) is 0 Å². The topological polar surface area (TPSA) is 38.5 Å². The lowest BCUT2D eigenvalue weighted by Crippen LogP contribution is -2.13. The number of fused-ring (bicyclic) bond motifs is 2. The SMILES string of the molecule is Cc1cc2c(=O)cc3c4cccc5cccc(c54)c4cc(=O)c(c1)c2n34. The number of benzene rings is 3. The first kappa shape index (κ1) is 13.8. The van der Waals surface area contributed by atoms with Gasteiger partial charge in [-0.3, -0.25) is 9.59 Å². The van der Waals surface area contributed by atoms with Crippen molar-refractivity contribution >= 4 is 48.9 Å². The van der Waals surface area contributed by atoms with Crippen LogP contribution in [0, 0.1) is 6.92 Å². The highest BCUT2D eigenvalue weighted by molar-refractivity contribution is 6.21. The van der Waals surface area contributed by atoms with E-state index in [0.717, 1.165) is 43.7 Å². The maximum atomic E-state index is 12.9. The molecule has 0 fully saturated rings. The summed E-state index contributed by atoms with van der Waals surface area (Å²) in [6, 6.07) is 19.4. The Bertz CT molecular complexity index is 1510. The van der Waals surface area contributed by atoms with Crippen LogP contribution in [0.15, 0.2) is 70.3 Å². The fraction of sp³-hybridized carbons (Fsp3) is 0.0435. The van der Waals surface area contributed by atoms with Gasteiger partial charge in [0, 0.05) is 39.1 Å². The third kappa shape index (κ3) is 1.49. The van der Waals surface area contributed by atoms with Crippen LogP contribution < -0.4 is 10.9 Å². The Morgan fingerprint density at radius 2 is 1.23 bits per heavy atom. The van der Waals surface area contributed by atoms with Crippen LogP contribution >= 0.6 is 0 Å². The summed E-state index contributed by atoms with van der Waals surface area (Å²) < 4.78 is 2.09. The van der Waals surface area contributed by atoms with Crippen molar-refractivity contribution in [3.8, 4) is 0 Å². The lowest BCUT2D eigenvalue weighted by atomic mass is 9.97. The molecule has 122 valence electrons. The Labute approximate surface area is 147 Å². The molecule has 0 bridgehead atoms. The summed E-state index contributed by atoms with van der Waals surface area (Å²) in [5.74, 6) is 0. The van der Waals surface area contributed by atoms with Gasteiger partial charge in [0.2, 0.25) is 0 Å². The highest BCUT2D eigenvalue weighted by Gasteiger charge is 2.17. The number of aromatic nitrogens is 1. The highest BCUT2D eigenvalue weighted by Crippen LogP contribution is 2.35. The molecule has 0 aliphatic rings. The van der Waals surface area contributed by atoms with E-state index in [1.54, 1.807) is 12.1 Å². The Hall–Kier alpha value is -3.46. The van der Waals surface area contributed by atoms with Crippen LogP contribution in [-0.2, 0) is 0 Å². The smallest absolute Gasteiger partial charge is 0.190 e. The van der Waals surface area contributed by atoms with Gasteiger partial charge in [0.05, 0.1) is 16.6 Å². The van der Waals surface area contributed by atoms with Crippen molar-refractivity contribution in [1.29, 1.82) is 0 Å². The Kier molecular flexibility index (Phi) is 2.32. The van der Waals surface area contributed by atoms with Gasteiger partial charge in [-0.2, -0.15) is 0 Å². The number of aryl methyl sites for hydroxylation is 1. The molecule has 0 atom stereocenters. The van der Waals surface area contributed by atoms with Crippen molar-refractivity contribution in [2.45, 2.75) is 6.92 Å². The zero-order valence-corrected chi connectivity index (χ0v) is 14.0. The van der Waals surface area contributed by atoms with Gasteiger partial charge < -0.3 is 4.40 Å². The number of rotatable bonds is 0. The molecule has 3 aromatic carbocycles. The lowest BCUT2D eigenvalue weighted by molar-refractivity contribution is 1.29. The van der Waals surface area contributed by atoms with E-state index in [2.05, 4.69) is 28.7 Å². The number of nitrogens with zero attached hydrogens (tertiary/aromatic N) is 1. The summed E-state index contributed by atoms with van der Waals surface area (Å²) in [5.41, 5.74) is 3.29. The molecule has 3 nitrogen and oxygen atoms in total. The Morgan fingerprint density at radius 1 is 0.692 bits per heavy atom. The van der Waals surface area contributed by atoms with Gasteiger partial charge in [0.25, 0.3) is 0 Å². The lowest BCUT2D eigenvalue weighted by Gasteiger charge is -2.17. The van der Waals surface area contributed by atoms with E-state index < -0.39 is 0 Å². The van der Waals surface area contributed by atoms with Crippen molar-refractivity contribution in [2.75, 3.05) is 0 Å². The predicted molar refractivity (Wildman–Crippen MR) is 107 cm³/mol. The van der Waals surface area contributed by atoms with E-state index in [4.69, 9.17) is 0 Å². The van der Waals surface area contributed by atoms with Gasteiger partial charge >= 0.3 is 0 Å². The van der Waals surface area contributed by atoms with E-state index in [-0.39, 0.29) is 10.9 Å². The van der Waals surface area contributed by atoms with E-state index in [1.165, 1.54) is 0 Å². The van der Waals surface area contributed by atoms with E-state index in [1.807, 2.05) is 31.2 Å². The zero-order valence-electron chi connectivity index (χ0n) is 14.0. The zero-order chi connectivity index (χ0) is 17.6. The van der Waals surface area contributed by atoms with Gasteiger partial charge in [0.15, 0.2) is 10.9 Å². The number of pyridine rings is 3. The fourth-order valence-corrected chi connectivity index (χ4v) is 4.46. The molecule has 0 amide bonds. The molecule has 0 saturated carbocycles. The van der Waals surface area contributed by atoms with Crippen molar-refractivity contribution < 1.29 is 0 Å². The minimum absolute atomic E-state index is 0.0402. The Balaban J connectivity index is 2.15. The molecule has 0 aliphatic heterocycles. The molecule has 0 aliphatic carbocycles. The van der Waals surface area contributed by atoms with Crippen molar-refractivity contribution in [3.05, 3.63) is 86.7 Å². The van der Waals surface area contributed by atoms with Gasteiger partial charge in [-0.1, -0.05) is 36.4 Å². The van der Waals surface area contributed by atoms with Crippen molar-refractivity contribution in [1.82, 2.24) is 4.40 Å². The van der Waals surface area contributed by atoms with Crippen molar-refractivity contribution in [3.63, 3.8) is 0 Å². The molecule has 6 aromatic rings. The molecule has 3 heterocycles. The van der Waals surface area contributed by atoms with Crippen LogP contribution in [-0.4, -0.2) is 4.40 Å². The molecule has 6 rings (SSSR count). The second kappa shape index (κ2) is 4.38. The molecule has 3 aromatic heterocycles.